The van der Waals surface area contributed by atoms with E-state index in [2.05, 4.69) is 69.6 Å². The van der Waals surface area contributed by atoms with Gasteiger partial charge in [0.15, 0.2) is 0 Å². The SMILES string of the molecule is O=c1c2ccc(-c3cccc4c3nc3n(-c5ccccc5)c5ccccc5n43)cc2n2c3c(-c4ccccc4)cc(-c4ccccc4)cc3c(=O)n12. The van der Waals surface area contributed by atoms with E-state index < -0.39 is 0 Å². The number of hydrogen-bond acceptors (Lipinski definition) is 3. The molecule has 0 aliphatic rings. The quantitative estimate of drug-likeness (QED) is 0.188. The Morgan fingerprint density at radius 3 is 1.85 bits per heavy atom. The first-order chi connectivity index (χ1) is 25.7. The molecule has 11 aromatic rings. The number of nitrogens with zero attached hydrogens (tertiary/aromatic N) is 5. The molecule has 0 atom stereocenters. The minimum Gasteiger partial charge on any atom is -0.278 e. The largest absolute Gasteiger partial charge is 0.282 e. The Labute approximate surface area is 295 Å². The third kappa shape index (κ3) is 3.87. The summed E-state index contributed by atoms with van der Waals surface area (Å²) in [6.07, 6.45) is 0. The van der Waals surface area contributed by atoms with Crippen LogP contribution in [0.25, 0.3) is 88.7 Å². The molecular formula is C45H27N5O2. The van der Waals surface area contributed by atoms with Crippen LogP contribution in [0.3, 0.4) is 0 Å². The van der Waals surface area contributed by atoms with Gasteiger partial charge >= 0.3 is 0 Å². The zero-order chi connectivity index (χ0) is 34.5. The van der Waals surface area contributed by atoms with Crippen molar-refractivity contribution in [2.75, 3.05) is 0 Å². The van der Waals surface area contributed by atoms with Crippen LogP contribution in [0, 0.1) is 0 Å². The molecule has 0 radical (unpaired) electrons. The van der Waals surface area contributed by atoms with E-state index in [-0.39, 0.29) is 11.1 Å². The zero-order valence-electron chi connectivity index (χ0n) is 27.6. The number of benzene rings is 7. The van der Waals surface area contributed by atoms with Crippen molar-refractivity contribution in [3.8, 4) is 39.1 Å². The molecule has 244 valence electrons. The van der Waals surface area contributed by atoms with Crippen molar-refractivity contribution in [1.82, 2.24) is 23.0 Å². The Balaban J connectivity index is 1.21. The van der Waals surface area contributed by atoms with E-state index in [1.807, 2.05) is 108 Å². The van der Waals surface area contributed by atoms with E-state index in [4.69, 9.17) is 4.98 Å². The molecule has 0 bridgehead atoms. The van der Waals surface area contributed by atoms with E-state index >= 15 is 0 Å². The van der Waals surface area contributed by atoms with Gasteiger partial charge in [0.25, 0.3) is 11.1 Å². The topological polar surface area (TPSA) is 65.2 Å². The minimum absolute atomic E-state index is 0.333. The lowest BCUT2D eigenvalue weighted by molar-refractivity contribution is 0.842. The van der Waals surface area contributed by atoms with Crippen molar-refractivity contribution in [3.63, 3.8) is 0 Å². The average Bonchev–Trinajstić information content (AvgIpc) is 3.91. The van der Waals surface area contributed by atoms with Crippen molar-refractivity contribution in [2.24, 2.45) is 0 Å². The number of hydrogen-bond donors (Lipinski definition) is 0. The van der Waals surface area contributed by atoms with Crippen molar-refractivity contribution < 1.29 is 0 Å². The van der Waals surface area contributed by atoms with Crippen LogP contribution in [0.4, 0.5) is 0 Å². The normalized spacial score (nSPS) is 12.0. The second-order valence-electron chi connectivity index (χ2n) is 13.2. The maximum absolute atomic E-state index is 14.2. The van der Waals surface area contributed by atoms with Crippen molar-refractivity contribution in [2.45, 2.75) is 0 Å². The van der Waals surface area contributed by atoms with Crippen LogP contribution in [-0.2, 0) is 0 Å². The molecule has 4 aromatic heterocycles. The Bertz CT molecular complexity index is 3320. The summed E-state index contributed by atoms with van der Waals surface area (Å²) < 4.78 is 7.52. The lowest BCUT2D eigenvalue weighted by Crippen LogP contribution is -2.21. The van der Waals surface area contributed by atoms with Gasteiger partial charge in [-0.05, 0) is 76.9 Å². The van der Waals surface area contributed by atoms with E-state index in [0.29, 0.717) is 21.8 Å². The summed E-state index contributed by atoms with van der Waals surface area (Å²) in [5.74, 6) is 0.818. The Morgan fingerprint density at radius 1 is 0.423 bits per heavy atom. The fourth-order valence-corrected chi connectivity index (χ4v) is 8.04. The smallest absolute Gasteiger partial charge is 0.278 e. The molecule has 4 heterocycles. The predicted molar refractivity (Wildman–Crippen MR) is 209 cm³/mol. The molecule has 0 aliphatic heterocycles. The van der Waals surface area contributed by atoms with Crippen LogP contribution in [0.5, 0.6) is 0 Å². The summed E-state index contributed by atoms with van der Waals surface area (Å²) in [7, 11) is 0. The van der Waals surface area contributed by atoms with Crippen molar-refractivity contribution in [1.29, 1.82) is 0 Å². The molecule has 7 heteroatoms. The van der Waals surface area contributed by atoms with Gasteiger partial charge in [-0.25, -0.2) is 9.50 Å². The minimum atomic E-state index is -0.336. The lowest BCUT2D eigenvalue weighted by atomic mass is 9.96. The van der Waals surface area contributed by atoms with Gasteiger partial charge in [0.2, 0.25) is 5.78 Å². The maximum atomic E-state index is 14.2. The van der Waals surface area contributed by atoms with Gasteiger partial charge in [-0.1, -0.05) is 109 Å². The summed E-state index contributed by atoms with van der Waals surface area (Å²) in [4.78, 5) is 33.6. The highest BCUT2D eigenvalue weighted by molar-refractivity contribution is 6.03. The van der Waals surface area contributed by atoms with Gasteiger partial charge in [0.1, 0.15) is 0 Å². The zero-order valence-corrected chi connectivity index (χ0v) is 27.6. The summed E-state index contributed by atoms with van der Waals surface area (Å²) >= 11 is 0. The molecule has 11 rings (SSSR count). The lowest BCUT2D eigenvalue weighted by Gasteiger charge is -2.10. The Hall–Kier alpha value is -7.25. The third-order valence-corrected chi connectivity index (χ3v) is 10.3. The van der Waals surface area contributed by atoms with Crippen molar-refractivity contribution in [3.05, 3.63) is 184 Å². The van der Waals surface area contributed by atoms with E-state index in [9.17, 15) is 9.59 Å². The van der Waals surface area contributed by atoms with Crippen LogP contribution in [0.15, 0.2) is 173 Å². The second-order valence-corrected chi connectivity index (χ2v) is 13.2. The molecule has 7 nitrogen and oxygen atoms in total. The average molecular weight is 670 g/mol. The predicted octanol–water partition coefficient (Wildman–Crippen LogP) is 9.25. The number of para-hydroxylation sites is 4. The first-order valence-corrected chi connectivity index (χ1v) is 17.2. The van der Waals surface area contributed by atoms with Crippen LogP contribution in [0.1, 0.15) is 0 Å². The molecule has 52 heavy (non-hydrogen) atoms. The van der Waals surface area contributed by atoms with Gasteiger partial charge < -0.3 is 0 Å². The monoisotopic (exact) mass is 669 g/mol. The highest BCUT2D eigenvalue weighted by atomic mass is 16.2. The van der Waals surface area contributed by atoms with E-state index in [1.165, 1.54) is 4.52 Å². The van der Waals surface area contributed by atoms with E-state index in [1.54, 1.807) is 0 Å². The van der Waals surface area contributed by atoms with Gasteiger partial charge in [-0.15, -0.1) is 0 Å². The molecule has 0 saturated heterocycles. The number of fused-ring (bicyclic) bond motifs is 10. The molecule has 0 aliphatic carbocycles. The Kier molecular flexibility index (Phi) is 5.84. The summed E-state index contributed by atoms with van der Waals surface area (Å²) in [5.41, 5.74) is 11.3. The highest BCUT2D eigenvalue weighted by Gasteiger charge is 2.23. The molecule has 0 amide bonds. The fourth-order valence-electron chi connectivity index (χ4n) is 8.04. The summed E-state index contributed by atoms with van der Waals surface area (Å²) in [6.45, 7) is 0. The number of rotatable bonds is 4. The number of aromatic nitrogens is 5. The van der Waals surface area contributed by atoms with Crippen molar-refractivity contribution >= 4 is 49.7 Å². The first-order valence-electron chi connectivity index (χ1n) is 17.2. The fraction of sp³-hybridized carbons (Fsp3) is 0. The van der Waals surface area contributed by atoms with E-state index in [0.717, 1.165) is 66.9 Å². The van der Waals surface area contributed by atoms with Crippen LogP contribution in [-0.4, -0.2) is 23.0 Å². The van der Waals surface area contributed by atoms with Gasteiger partial charge in [-0.3, -0.25) is 18.6 Å². The molecule has 0 N–H and O–H groups in total. The van der Waals surface area contributed by atoms with Gasteiger partial charge in [-0.2, -0.15) is 4.52 Å². The molecule has 0 unspecified atom stereocenters. The molecular weight excluding hydrogens is 643 g/mol. The molecule has 7 aromatic carbocycles. The summed E-state index contributed by atoms with van der Waals surface area (Å²) in [5, 5.41) is 0.981. The van der Waals surface area contributed by atoms with Crippen LogP contribution < -0.4 is 11.1 Å². The molecule has 0 spiro atoms. The number of imidazole rings is 2. The van der Waals surface area contributed by atoms with Crippen LogP contribution in [0.2, 0.25) is 0 Å². The molecule has 0 fully saturated rings. The highest BCUT2D eigenvalue weighted by Crippen LogP contribution is 2.37. The maximum Gasteiger partial charge on any atom is 0.282 e. The van der Waals surface area contributed by atoms with Gasteiger partial charge in [0, 0.05) is 16.8 Å². The van der Waals surface area contributed by atoms with Gasteiger partial charge in [0.05, 0.1) is 43.9 Å². The van der Waals surface area contributed by atoms with Crippen LogP contribution >= 0.6 is 0 Å². The molecule has 0 saturated carbocycles. The second kappa shape index (κ2) is 10.6. The summed E-state index contributed by atoms with van der Waals surface area (Å²) in [6, 6.07) is 54.8. The standard InChI is InChI=1S/C45H27N5O2/c51-43-34-24-23-30(33-19-12-22-39-41(33)46-45-47(32-17-8-3-9-18-32)37-20-10-11-21-38(37)48(39)45)27-40(34)49-42-35(29-15-6-2-7-16-29)25-31(28-13-4-1-5-14-28)26-36(42)44(52)50(43)49/h1-27H. The Morgan fingerprint density at radius 2 is 1.08 bits per heavy atom. The first kappa shape index (κ1) is 28.6. The third-order valence-electron chi connectivity index (χ3n) is 10.3.